The van der Waals surface area contributed by atoms with Crippen LogP contribution in [0.4, 0.5) is 0 Å². The fourth-order valence-electron chi connectivity index (χ4n) is 3.13. The van der Waals surface area contributed by atoms with E-state index in [1.54, 1.807) is 7.11 Å². The highest BCUT2D eigenvalue weighted by Gasteiger charge is 2.19. The minimum Gasteiger partial charge on any atom is -0.375 e. The van der Waals surface area contributed by atoms with Crippen LogP contribution in [0.15, 0.2) is 30.5 Å². The number of aryl methyl sites for hydroxylation is 1. The predicted octanol–water partition coefficient (Wildman–Crippen LogP) is 2.99. The Morgan fingerprint density at radius 3 is 2.95 bits per heavy atom. The minimum absolute atomic E-state index is 0.0602. The Morgan fingerprint density at radius 1 is 1.41 bits per heavy atom. The van der Waals surface area contributed by atoms with Gasteiger partial charge in [-0.15, -0.1) is 0 Å². The Hall–Kier alpha value is -2.07. The van der Waals surface area contributed by atoms with E-state index in [2.05, 4.69) is 42.4 Å². The van der Waals surface area contributed by atoms with E-state index in [0.717, 1.165) is 19.4 Å². The highest BCUT2D eigenvalue weighted by atomic mass is 16.5. The molecule has 0 radical (unpaired) electrons. The van der Waals surface area contributed by atoms with Gasteiger partial charge in [0.05, 0.1) is 0 Å². The number of benzene rings is 1. The van der Waals surface area contributed by atoms with Crippen LogP contribution in [-0.2, 0) is 16.0 Å². The zero-order chi connectivity index (χ0) is 15.5. The SMILES string of the molecule is CCc1cccc2c(C3=CCN(C(=O)COC)CC3)c[nH]c12. The number of ether oxygens (including phenoxy) is 1. The molecule has 4 heteroatoms. The quantitative estimate of drug-likeness (QED) is 0.943. The fraction of sp³-hybridized carbons (Fsp3) is 0.389. The van der Waals surface area contributed by atoms with Crippen molar-refractivity contribution in [1.82, 2.24) is 9.88 Å². The Balaban J connectivity index is 1.86. The predicted molar refractivity (Wildman–Crippen MR) is 88.7 cm³/mol. The van der Waals surface area contributed by atoms with Crippen molar-refractivity contribution in [2.24, 2.45) is 0 Å². The smallest absolute Gasteiger partial charge is 0.248 e. The van der Waals surface area contributed by atoms with Gasteiger partial charge in [0.15, 0.2) is 0 Å². The molecule has 4 nitrogen and oxygen atoms in total. The van der Waals surface area contributed by atoms with E-state index in [0.29, 0.717) is 6.54 Å². The maximum Gasteiger partial charge on any atom is 0.248 e. The molecular formula is C18H22N2O2. The van der Waals surface area contributed by atoms with Crippen LogP contribution in [0, 0.1) is 0 Å². The zero-order valence-corrected chi connectivity index (χ0v) is 13.2. The number of methoxy groups -OCH3 is 1. The van der Waals surface area contributed by atoms with Gasteiger partial charge >= 0.3 is 0 Å². The molecular weight excluding hydrogens is 276 g/mol. The maximum absolute atomic E-state index is 11.9. The molecule has 1 aliphatic heterocycles. The molecule has 0 fully saturated rings. The van der Waals surface area contributed by atoms with Gasteiger partial charge in [-0.2, -0.15) is 0 Å². The minimum atomic E-state index is 0.0602. The van der Waals surface area contributed by atoms with Gasteiger partial charge in [0, 0.05) is 42.9 Å². The Kier molecular flexibility index (Phi) is 4.29. The number of fused-ring (bicyclic) bond motifs is 1. The largest absolute Gasteiger partial charge is 0.375 e. The van der Waals surface area contributed by atoms with Gasteiger partial charge in [-0.25, -0.2) is 0 Å². The van der Waals surface area contributed by atoms with E-state index in [-0.39, 0.29) is 12.5 Å². The monoisotopic (exact) mass is 298 g/mol. The number of amides is 1. The molecule has 1 aliphatic rings. The van der Waals surface area contributed by atoms with Crippen molar-refractivity contribution in [2.45, 2.75) is 19.8 Å². The van der Waals surface area contributed by atoms with E-state index in [1.165, 1.54) is 27.6 Å². The molecule has 22 heavy (non-hydrogen) atoms. The van der Waals surface area contributed by atoms with Crippen molar-refractivity contribution < 1.29 is 9.53 Å². The normalized spacial score (nSPS) is 15.2. The van der Waals surface area contributed by atoms with Crippen molar-refractivity contribution in [1.29, 1.82) is 0 Å². The first-order valence-electron chi connectivity index (χ1n) is 7.79. The van der Waals surface area contributed by atoms with Crippen LogP contribution in [-0.4, -0.2) is 42.6 Å². The van der Waals surface area contributed by atoms with Crippen molar-refractivity contribution in [2.75, 3.05) is 26.8 Å². The van der Waals surface area contributed by atoms with E-state index < -0.39 is 0 Å². The van der Waals surface area contributed by atoms with E-state index >= 15 is 0 Å². The average Bonchev–Trinajstić information content (AvgIpc) is 2.99. The van der Waals surface area contributed by atoms with Crippen LogP contribution in [0.5, 0.6) is 0 Å². The molecule has 0 aliphatic carbocycles. The first kappa shape index (κ1) is 14.9. The number of hydrogen-bond acceptors (Lipinski definition) is 2. The zero-order valence-electron chi connectivity index (χ0n) is 13.2. The van der Waals surface area contributed by atoms with Gasteiger partial charge in [-0.3, -0.25) is 4.79 Å². The lowest BCUT2D eigenvalue weighted by Crippen LogP contribution is -2.36. The number of carbonyl (C=O) groups is 1. The number of H-pyrrole nitrogens is 1. The van der Waals surface area contributed by atoms with Crippen LogP contribution in [0.2, 0.25) is 0 Å². The van der Waals surface area contributed by atoms with Crippen LogP contribution < -0.4 is 0 Å². The summed E-state index contributed by atoms with van der Waals surface area (Å²) >= 11 is 0. The molecule has 2 aromatic rings. The molecule has 0 saturated carbocycles. The fourth-order valence-corrected chi connectivity index (χ4v) is 3.13. The number of aromatic nitrogens is 1. The average molecular weight is 298 g/mol. The second-order valence-electron chi connectivity index (χ2n) is 5.65. The number of nitrogens with one attached hydrogen (secondary N) is 1. The number of para-hydroxylation sites is 1. The molecule has 3 rings (SSSR count). The highest BCUT2D eigenvalue weighted by Crippen LogP contribution is 2.30. The molecule has 0 unspecified atom stereocenters. The first-order chi connectivity index (χ1) is 10.7. The summed E-state index contributed by atoms with van der Waals surface area (Å²) in [6, 6.07) is 6.46. The molecule has 116 valence electrons. The summed E-state index contributed by atoms with van der Waals surface area (Å²) in [5.74, 6) is 0.0602. The van der Waals surface area contributed by atoms with Crippen molar-refractivity contribution in [3.63, 3.8) is 0 Å². The summed E-state index contributed by atoms with van der Waals surface area (Å²) in [4.78, 5) is 17.1. The van der Waals surface area contributed by atoms with E-state index in [9.17, 15) is 4.79 Å². The van der Waals surface area contributed by atoms with E-state index in [1.807, 2.05) is 4.90 Å². The van der Waals surface area contributed by atoms with Crippen molar-refractivity contribution in [3.05, 3.63) is 41.6 Å². The third-order valence-electron chi connectivity index (χ3n) is 4.36. The van der Waals surface area contributed by atoms with E-state index in [4.69, 9.17) is 4.74 Å². The molecule has 0 bridgehead atoms. The van der Waals surface area contributed by atoms with Crippen LogP contribution in [0.25, 0.3) is 16.5 Å². The number of nitrogens with zero attached hydrogens (tertiary/aromatic N) is 1. The van der Waals surface area contributed by atoms with Gasteiger partial charge in [-0.1, -0.05) is 31.2 Å². The molecule has 1 N–H and O–H groups in total. The van der Waals surface area contributed by atoms with Gasteiger partial charge in [-0.05, 0) is 24.0 Å². The lowest BCUT2D eigenvalue weighted by atomic mass is 9.97. The lowest BCUT2D eigenvalue weighted by molar-refractivity contribution is -0.134. The lowest BCUT2D eigenvalue weighted by Gasteiger charge is -2.26. The third kappa shape index (κ3) is 2.66. The standard InChI is InChI=1S/C18H22N2O2/c1-3-13-5-4-6-15-16(11-19-18(13)15)14-7-9-20(10-8-14)17(21)12-22-2/h4-7,11,19H,3,8-10,12H2,1-2H3. The van der Waals surface area contributed by atoms with Crippen LogP contribution in [0.3, 0.4) is 0 Å². The number of hydrogen-bond donors (Lipinski definition) is 1. The topological polar surface area (TPSA) is 45.3 Å². The molecule has 1 aromatic carbocycles. The van der Waals surface area contributed by atoms with Crippen molar-refractivity contribution in [3.8, 4) is 0 Å². The first-order valence-corrected chi connectivity index (χ1v) is 7.79. The molecule has 1 amide bonds. The molecule has 1 aromatic heterocycles. The molecule has 2 heterocycles. The number of carbonyl (C=O) groups excluding carboxylic acids is 1. The summed E-state index contributed by atoms with van der Waals surface area (Å²) in [6.07, 6.45) is 6.18. The van der Waals surface area contributed by atoms with Crippen LogP contribution in [0.1, 0.15) is 24.5 Å². The Morgan fingerprint density at radius 2 is 2.27 bits per heavy atom. The van der Waals surface area contributed by atoms with Crippen molar-refractivity contribution >= 4 is 22.4 Å². The van der Waals surface area contributed by atoms with Gasteiger partial charge < -0.3 is 14.6 Å². The van der Waals surface area contributed by atoms with Gasteiger partial charge in [0.25, 0.3) is 0 Å². The molecule has 0 spiro atoms. The maximum atomic E-state index is 11.9. The van der Waals surface area contributed by atoms with Crippen LogP contribution >= 0.6 is 0 Å². The summed E-state index contributed by atoms with van der Waals surface area (Å²) in [7, 11) is 1.56. The number of rotatable bonds is 4. The summed E-state index contributed by atoms with van der Waals surface area (Å²) in [6.45, 7) is 3.76. The summed E-state index contributed by atoms with van der Waals surface area (Å²) < 4.78 is 4.92. The second kappa shape index (κ2) is 6.36. The molecule has 0 saturated heterocycles. The number of aromatic amines is 1. The Bertz CT molecular complexity index is 715. The summed E-state index contributed by atoms with van der Waals surface area (Å²) in [5.41, 5.74) is 5.17. The van der Waals surface area contributed by atoms with Gasteiger partial charge in [0.2, 0.25) is 5.91 Å². The second-order valence-corrected chi connectivity index (χ2v) is 5.65. The van der Waals surface area contributed by atoms with Gasteiger partial charge in [0.1, 0.15) is 6.61 Å². The third-order valence-corrected chi connectivity index (χ3v) is 4.36. The Labute approximate surface area is 130 Å². The highest BCUT2D eigenvalue weighted by molar-refractivity contribution is 5.94. The molecule has 0 atom stereocenters. The summed E-state index contributed by atoms with van der Waals surface area (Å²) in [5, 5.41) is 1.28.